The van der Waals surface area contributed by atoms with E-state index in [1.54, 1.807) is 30.3 Å². The number of carbonyl (C=O) groups is 3. The Bertz CT molecular complexity index is 1390. The van der Waals surface area contributed by atoms with Crippen LogP contribution in [0, 0.1) is 5.82 Å². The van der Waals surface area contributed by atoms with Gasteiger partial charge >= 0.3 is 0 Å². The number of benzene rings is 2. The van der Waals surface area contributed by atoms with Crippen molar-refractivity contribution in [3.8, 4) is 11.5 Å². The van der Waals surface area contributed by atoms with Crippen molar-refractivity contribution in [1.29, 1.82) is 0 Å². The van der Waals surface area contributed by atoms with E-state index in [1.165, 1.54) is 40.5 Å². The third-order valence-corrected chi connectivity index (χ3v) is 8.71. The van der Waals surface area contributed by atoms with Crippen molar-refractivity contribution < 1.29 is 32.5 Å². The predicted octanol–water partition coefficient (Wildman–Crippen LogP) is 4.14. The van der Waals surface area contributed by atoms with Crippen LogP contribution in [0.1, 0.15) is 36.6 Å². The topological polar surface area (TPSA) is 114 Å². The van der Waals surface area contributed by atoms with Crippen molar-refractivity contribution in [3.05, 3.63) is 70.7 Å². The van der Waals surface area contributed by atoms with Crippen LogP contribution in [0.2, 0.25) is 0 Å². The van der Waals surface area contributed by atoms with E-state index < -0.39 is 46.0 Å². The number of anilines is 2. The van der Waals surface area contributed by atoms with Gasteiger partial charge in [0, 0.05) is 39.2 Å². The van der Waals surface area contributed by atoms with Gasteiger partial charge in [-0.1, -0.05) is 18.9 Å². The molecule has 1 saturated carbocycles. The van der Waals surface area contributed by atoms with E-state index >= 15 is 0 Å². The third kappa shape index (κ3) is 6.68. The number of hydrogen-bond donors (Lipinski definition) is 2. The first-order valence-corrected chi connectivity index (χ1v) is 15.2. The minimum atomic E-state index is -1.89. The fourth-order valence-corrected chi connectivity index (χ4v) is 6.47. The van der Waals surface area contributed by atoms with Crippen LogP contribution in [0.15, 0.2) is 60.0 Å². The molecule has 12 heteroatoms. The number of fused-ring (bicyclic) bond motifs is 1. The third-order valence-electron chi connectivity index (χ3n) is 6.63. The summed E-state index contributed by atoms with van der Waals surface area (Å²) < 4.78 is 37.1. The highest BCUT2D eigenvalue weighted by Gasteiger charge is 2.36. The molecule has 3 amide bonds. The summed E-state index contributed by atoms with van der Waals surface area (Å²) in [5.74, 6) is -1.96. The maximum Gasteiger partial charge on any atom is 0.248 e. The number of thiophene rings is 1. The van der Waals surface area contributed by atoms with Gasteiger partial charge in [-0.3, -0.25) is 23.5 Å². The Hall–Kier alpha value is -3.77. The number of nitrogens with zero attached hydrogens (tertiary/aromatic N) is 1. The summed E-state index contributed by atoms with van der Waals surface area (Å²) in [6, 6.07) is 12.7. The molecule has 9 nitrogen and oxygen atoms in total. The summed E-state index contributed by atoms with van der Waals surface area (Å²) in [5, 5.41) is 7.47. The average Bonchev–Trinajstić information content (AvgIpc) is 3.71. The standard InChI is InChI=1S/C28H28FN3O6S2/c29-18-7-9-20(10-8-18)30-25(33)15-40(36)16-26(34)32(21-11-12-22-23(14-21)38-17-37-22)27(24-6-3-13-39-24)28(35)31-19-4-1-2-5-19/h3,6-14,19,27H,1-2,4-5,15-17H2,(H,30,33)(H,31,35)/t27-,40-/m1/s1. The summed E-state index contributed by atoms with van der Waals surface area (Å²) >= 11 is 1.34. The largest absolute Gasteiger partial charge is 0.454 e. The number of rotatable bonds is 10. The van der Waals surface area contributed by atoms with Crippen LogP contribution in [-0.2, 0) is 25.2 Å². The van der Waals surface area contributed by atoms with E-state index in [4.69, 9.17) is 9.47 Å². The van der Waals surface area contributed by atoms with Gasteiger partial charge in [-0.2, -0.15) is 0 Å². The molecule has 210 valence electrons. The molecule has 0 saturated heterocycles. The lowest BCUT2D eigenvalue weighted by Crippen LogP contribution is -2.47. The summed E-state index contributed by atoms with van der Waals surface area (Å²) in [5.41, 5.74) is 0.722. The molecule has 40 heavy (non-hydrogen) atoms. The van der Waals surface area contributed by atoms with Gasteiger partial charge in [0.05, 0.1) is 0 Å². The van der Waals surface area contributed by atoms with E-state index in [-0.39, 0.29) is 18.7 Å². The Kier molecular flexibility index (Phi) is 8.75. The fourth-order valence-electron chi connectivity index (χ4n) is 4.78. The quantitative estimate of drug-likeness (QED) is 0.370. The molecule has 0 unspecified atom stereocenters. The molecular weight excluding hydrogens is 557 g/mol. The first-order valence-electron chi connectivity index (χ1n) is 12.8. The maximum atomic E-state index is 13.8. The Labute approximate surface area is 237 Å². The number of carbonyl (C=O) groups excluding carboxylic acids is 3. The van der Waals surface area contributed by atoms with Crippen molar-refractivity contribution in [2.45, 2.75) is 37.8 Å². The van der Waals surface area contributed by atoms with Gasteiger partial charge in [0.2, 0.25) is 24.5 Å². The first-order chi connectivity index (χ1) is 19.4. The SMILES string of the molecule is O=C(C[S@@](=O)CC(=O)N(c1ccc2c(c1)OCO2)[C@@H](C(=O)NC1CCCC1)c1cccs1)Nc1ccc(F)cc1. The Morgan fingerprint density at radius 2 is 1.77 bits per heavy atom. The van der Waals surface area contributed by atoms with Gasteiger partial charge in [0.25, 0.3) is 0 Å². The van der Waals surface area contributed by atoms with Crippen LogP contribution >= 0.6 is 11.3 Å². The highest BCUT2D eigenvalue weighted by atomic mass is 32.2. The molecule has 5 rings (SSSR count). The van der Waals surface area contributed by atoms with Crippen molar-refractivity contribution >= 4 is 51.2 Å². The van der Waals surface area contributed by atoms with E-state index in [0.29, 0.717) is 27.8 Å². The second-order valence-corrected chi connectivity index (χ2v) is 11.9. The van der Waals surface area contributed by atoms with Crippen LogP contribution < -0.4 is 25.0 Å². The van der Waals surface area contributed by atoms with Crippen molar-refractivity contribution in [3.63, 3.8) is 0 Å². The molecule has 3 aromatic rings. The molecule has 1 aliphatic carbocycles. The van der Waals surface area contributed by atoms with Crippen LogP contribution in [0.3, 0.4) is 0 Å². The summed E-state index contributed by atoms with van der Waals surface area (Å²) in [4.78, 5) is 42.0. The molecule has 1 fully saturated rings. The number of nitrogens with one attached hydrogen (secondary N) is 2. The molecule has 2 aliphatic rings. The fraction of sp³-hybridized carbons (Fsp3) is 0.321. The highest BCUT2D eigenvalue weighted by molar-refractivity contribution is 7.86. The van der Waals surface area contributed by atoms with Gasteiger partial charge in [-0.05, 0) is 60.7 Å². The number of amides is 3. The molecular formula is C28H28FN3O6S2. The zero-order chi connectivity index (χ0) is 28.1. The minimum Gasteiger partial charge on any atom is -0.454 e. The second kappa shape index (κ2) is 12.6. The summed E-state index contributed by atoms with van der Waals surface area (Å²) in [6.45, 7) is 0.0381. The predicted molar refractivity (Wildman–Crippen MR) is 150 cm³/mol. The highest BCUT2D eigenvalue weighted by Crippen LogP contribution is 2.39. The summed E-state index contributed by atoms with van der Waals surface area (Å²) in [6.07, 6.45) is 3.79. The maximum absolute atomic E-state index is 13.8. The molecule has 0 radical (unpaired) electrons. The lowest BCUT2D eigenvalue weighted by Gasteiger charge is -2.31. The van der Waals surface area contributed by atoms with Crippen molar-refractivity contribution in [2.24, 2.45) is 0 Å². The second-order valence-electron chi connectivity index (χ2n) is 9.49. The summed E-state index contributed by atoms with van der Waals surface area (Å²) in [7, 11) is -1.89. The van der Waals surface area contributed by atoms with Gasteiger partial charge in [0.1, 0.15) is 23.4 Å². The van der Waals surface area contributed by atoms with Gasteiger partial charge < -0.3 is 20.1 Å². The zero-order valence-electron chi connectivity index (χ0n) is 21.5. The number of halogens is 1. The lowest BCUT2D eigenvalue weighted by atomic mass is 10.1. The van der Waals surface area contributed by atoms with Gasteiger partial charge in [-0.25, -0.2) is 4.39 Å². The van der Waals surface area contributed by atoms with Crippen LogP contribution in [0.25, 0.3) is 0 Å². The first kappa shape index (κ1) is 27.8. The number of ether oxygens (including phenoxy) is 2. The van der Waals surface area contributed by atoms with E-state index in [9.17, 15) is 23.0 Å². The smallest absolute Gasteiger partial charge is 0.248 e. The normalized spacial score (nSPS) is 15.8. The van der Waals surface area contributed by atoms with Crippen LogP contribution in [0.5, 0.6) is 11.5 Å². The van der Waals surface area contributed by atoms with Gasteiger partial charge in [-0.15, -0.1) is 11.3 Å². The van der Waals surface area contributed by atoms with E-state index in [2.05, 4.69) is 10.6 Å². The number of hydrogen-bond acceptors (Lipinski definition) is 7. The Morgan fingerprint density at radius 3 is 2.50 bits per heavy atom. The molecule has 2 N–H and O–H groups in total. The molecule has 2 atom stereocenters. The Balaban J connectivity index is 1.39. The molecule has 0 spiro atoms. The molecule has 1 aromatic heterocycles. The Morgan fingerprint density at radius 1 is 1.02 bits per heavy atom. The lowest BCUT2D eigenvalue weighted by molar-refractivity contribution is -0.126. The van der Waals surface area contributed by atoms with Crippen LogP contribution in [0.4, 0.5) is 15.8 Å². The molecule has 1 aliphatic heterocycles. The van der Waals surface area contributed by atoms with Crippen LogP contribution in [-0.4, -0.2) is 46.3 Å². The van der Waals surface area contributed by atoms with Gasteiger partial charge in [0.15, 0.2) is 11.5 Å². The van der Waals surface area contributed by atoms with Crippen molar-refractivity contribution in [1.82, 2.24) is 5.32 Å². The molecule has 2 aromatic carbocycles. The molecule has 2 heterocycles. The minimum absolute atomic E-state index is 0.0213. The zero-order valence-corrected chi connectivity index (χ0v) is 23.1. The molecule has 0 bridgehead atoms. The van der Waals surface area contributed by atoms with Crippen molar-refractivity contribution in [2.75, 3.05) is 28.5 Å². The average molecular weight is 586 g/mol. The van der Waals surface area contributed by atoms with E-state index in [1.807, 2.05) is 5.38 Å². The van der Waals surface area contributed by atoms with E-state index in [0.717, 1.165) is 25.7 Å². The monoisotopic (exact) mass is 585 g/mol.